The predicted octanol–water partition coefficient (Wildman–Crippen LogP) is 3.39. The largest absolute Gasteiger partial charge is 0.439 e. The Hall–Kier alpha value is -3.74. The van der Waals surface area contributed by atoms with Crippen LogP contribution in [0.25, 0.3) is 27.8 Å². The van der Waals surface area contributed by atoms with E-state index in [4.69, 9.17) is 4.42 Å². The second-order valence-electron chi connectivity index (χ2n) is 6.89. The zero-order chi connectivity index (χ0) is 19.3. The summed E-state index contributed by atoms with van der Waals surface area (Å²) in [5.74, 6) is 0.464. The molecule has 0 bridgehead atoms. The molecule has 0 saturated heterocycles. The van der Waals surface area contributed by atoms with Crippen molar-refractivity contribution in [1.82, 2.24) is 24.3 Å². The quantitative estimate of drug-likeness (QED) is 0.486. The van der Waals surface area contributed by atoms with Gasteiger partial charge >= 0.3 is 0 Å². The van der Waals surface area contributed by atoms with E-state index in [-0.39, 0.29) is 12.1 Å². The van der Waals surface area contributed by atoms with Crippen molar-refractivity contribution in [2.24, 2.45) is 0 Å². The summed E-state index contributed by atoms with van der Waals surface area (Å²) in [6.45, 7) is 4.27. The average Bonchev–Trinajstić information content (AvgIpc) is 3.27. The molecule has 2 aromatic carbocycles. The second kappa shape index (κ2) is 6.16. The molecule has 7 heteroatoms. The highest BCUT2D eigenvalue weighted by molar-refractivity contribution is 5.75. The van der Waals surface area contributed by atoms with E-state index in [0.29, 0.717) is 22.5 Å². The number of rotatable bonds is 3. The molecule has 7 nitrogen and oxygen atoms in total. The summed E-state index contributed by atoms with van der Waals surface area (Å²) < 4.78 is 8.90. The van der Waals surface area contributed by atoms with Gasteiger partial charge in [-0.05, 0) is 49.2 Å². The molecule has 0 fully saturated rings. The first kappa shape index (κ1) is 16.4. The van der Waals surface area contributed by atoms with Crippen molar-refractivity contribution in [1.29, 1.82) is 0 Å². The monoisotopic (exact) mass is 371 g/mol. The molecular weight excluding hydrogens is 354 g/mol. The first-order valence-corrected chi connectivity index (χ1v) is 8.95. The van der Waals surface area contributed by atoms with Crippen molar-refractivity contribution < 1.29 is 4.42 Å². The van der Waals surface area contributed by atoms with Gasteiger partial charge in [0.25, 0.3) is 5.56 Å². The third kappa shape index (κ3) is 2.68. The van der Waals surface area contributed by atoms with Crippen LogP contribution in [-0.2, 0) is 6.54 Å². The highest BCUT2D eigenvalue weighted by atomic mass is 16.3. The summed E-state index contributed by atoms with van der Waals surface area (Å²) in [5, 5.41) is 4.85. The van der Waals surface area contributed by atoms with Gasteiger partial charge in [0.1, 0.15) is 23.8 Å². The number of hydrogen-bond donors (Lipinski definition) is 0. The zero-order valence-corrected chi connectivity index (χ0v) is 15.5. The molecule has 28 heavy (non-hydrogen) atoms. The lowest BCUT2D eigenvalue weighted by molar-refractivity contribution is 0.503. The Kier molecular flexibility index (Phi) is 3.61. The molecule has 0 aliphatic heterocycles. The fourth-order valence-corrected chi connectivity index (χ4v) is 3.46. The standard InChI is InChI=1S/C21H17N5O2/c1-13-7-14(2)9-15(8-13)26-20-16(10-23-26)21(27)25(12-22-20)11-19-24-17-5-3-4-6-18(17)28-19/h3-10,12H,11H2,1-2H3. The first-order chi connectivity index (χ1) is 13.6. The molecule has 5 aromatic rings. The molecule has 138 valence electrons. The van der Waals surface area contributed by atoms with Gasteiger partial charge in [-0.3, -0.25) is 9.36 Å². The molecule has 0 amide bonds. The van der Waals surface area contributed by atoms with Crippen molar-refractivity contribution in [3.05, 3.63) is 82.4 Å². The minimum atomic E-state index is -0.178. The van der Waals surface area contributed by atoms with Crippen LogP contribution in [0.15, 0.2) is 64.2 Å². The van der Waals surface area contributed by atoms with Gasteiger partial charge in [0.2, 0.25) is 5.89 Å². The summed E-state index contributed by atoms with van der Waals surface area (Å²) in [6.07, 6.45) is 3.07. The van der Waals surface area contributed by atoms with Crippen molar-refractivity contribution in [3.8, 4) is 5.69 Å². The SMILES string of the molecule is Cc1cc(C)cc(-n2ncc3c(=O)n(Cc4nc5ccccc5o4)cnc32)c1. The lowest BCUT2D eigenvalue weighted by Crippen LogP contribution is -2.21. The van der Waals surface area contributed by atoms with E-state index in [2.05, 4.69) is 21.1 Å². The molecule has 0 aliphatic rings. The Morgan fingerprint density at radius 1 is 1.07 bits per heavy atom. The van der Waals surface area contributed by atoms with E-state index in [1.165, 1.54) is 10.9 Å². The van der Waals surface area contributed by atoms with Gasteiger partial charge in [-0.2, -0.15) is 5.10 Å². The number of benzene rings is 2. The van der Waals surface area contributed by atoms with E-state index in [9.17, 15) is 4.79 Å². The van der Waals surface area contributed by atoms with Crippen molar-refractivity contribution in [3.63, 3.8) is 0 Å². The molecule has 3 heterocycles. The highest BCUT2D eigenvalue weighted by Crippen LogP contribution is 2.18. The number of nitrogens with zero attached hydrogens (tertiary/aromatic N) is 5. The van der Waals surface area contributed by atoms with E-state index in [1.54, 1.807) is 10.9 Å². The van der Waals surface area contributed by atoms with Gasteiger partial charge in [0.05, 0.1) is 11.9 Å². The third-order valence-corrected chi connectivity index (χ3v) is 4.65. The Morgan fingerprint density at radius 2 is 1.86 bits per heavy atom. The number of aryl methyl sites for hydroxylation is 2. The van der Waals surface area contributed by atoms with Crippen LogP contribution in [0.3, 0.4) is 0 Å². The number of para-hydroxylation sites is 2. The number of hydrogen-bond acceptors (Lipinski definition) is 5. The van der Waals surface area contributed by atoms with E-state index >= 15 is 0 Å². The average molecular weight is 371 g/mol. The van der Waals surface area contributed by atoms with Gasteiger partial charge in [-0.1, -0.05) is 18.2 Å². The van der Waals surface area contributed by atoms with Gasteiger partial charge in [0.15, 0.2) is 11.2 Å². The summed E-state index contributed by atoms with van der Waals surface area (Å²) in [5.41, 5.74) is 4.96. The molecule has 0 N–H and O–H groups in total. The van der Waals surface area contributed by atoms with Gasteiger partial charge < -0.3 is 4.42 Å². The van der Waals surface area contributed by atoms with Crippen molar-refractivity contribution in [2.45, 2.75) is 20.4 Å². The summed E-state index contributed by atoms with van der Waals surface area (Å²) in [6, 6.07) is 13.6. The van der Waals surface area contributed by atoms with Gasteiger partial charge in [-0.25, -0.2) is 14.6 Å². The summed E-state index contributed by atoms with van der Waals surface area (Å²) in [7, 11) is 0. The van der Waals surface area contributed by atoms with E-state index in [0.717, 1.165) is 22.3 Å². The predicted molar refractivity (Wildman–Crippen MR) is 106 cm³/mol. The van der Waals surface area contributed by atoms with Crippen LogP contribution in [0.4, 0.5) is 0 Å². The lowest BCUT2D eigenvalue weighted by atomic mass is 10.1. The van der Waals surface area contributed by atoms with Crippen LogP contribution in [0.2, 0.25) is 0 Å². The van der Waals surface area contributed by atoms with Crippen LogP contribution < -0.4 is 5.56 Å². The van der Waals surface area contributed by atoms with Crippen LogP contribution in [0.1, 0.15) is 17.0 Å². The Bertz CT molecular complexity index is 1340. The maximum absolute atomic E-state index is 12.9. The molecule has 0 saturated carbocycles. The normalized spacial score (nSPS) is 11.5. The fourth-order valence-electron chi connectivity index (χ4n) is 3.46. The minimum absolute atomic E-state index is 0.178. The zero-order valence-electron chi connectivity index (χ0n) is 15.5. The summed E-state index contributed by atoms with van der Waals surface area (Å²) in [4.78, 5) is 21.8. The number of aromatic nitrogens is 5. The van der Waals surface area contributed by atoms with Gasteiger partial charge in [0, 0.05) is 0 Å². The molecule has 0 atom stereocenters. The summed E-state index contributed by atoms with van der Waals surface area (Å²) >= 11 is 0. The first-order valence-electron chi connectivity index (χ1n) is 8.95. The fraction of sp³-hybridized carbons (Fsp3) is 0.143. The molecule has 0 aliphatic carbocycles. The molecule has 0 unspecified atom stereocenters. The Morgan fingerprint density at radius 3 is 2.64 bits per heavy atom. The maximum Gasteiger partial charge on any atom is 0.264 e. The molecule has 0 spiro atoms. The number of oxazole rings is 1. The van der Waals surface area contributed by atoms with Crippen molar-refractivity contribution >= 4 is 22.1 Å². The van der Waals surface area contributed by atoms with Crippen LogP contribution >= 0.6 is 0 Å². The third-order valence-electron chi connectivity index (χ3n) is 4.65. The van der Waals surface area contributed by atoms with E-state index in [1.807, 2.05) is 50.2 Å². The van der Waals surface area contributed by atoms with Crippen LogP contribution in [0, 0.1) is 13.8 Å². The Balaban J connectivity index is 1.57. The molecule has 0 radical (unpaired) electrons. The molecule has 5 rings (SSSR count). The molecule has 3 aromatic heterocycles. The van der Waals surface area contributed by atoms with Crippen LogP contribution in [-0.4, -0.2) is 24.3 Å². The van der Waals surface area contributed by atoms with Gasteiger partial charge in [-0.15, -0.1) is 0 Å². The van der Waals surface area contributed by atoms with E-state index < -0.39 is 0 Å². The maximum atomic E-state index is 12.9. The second-order valence-corrected chi connectivity index (χ2v) is 6.89. The minimum Gasteiger partial charge on any atom is -0.439 e. The van der Waals surface area contributed by atoms with Crippen molar-refractivity contribution in [2.75, 3.05) is 0 Å². The Labute approximate surface area is 159 Å². The highest BCUT2D eigenvalue weighted by Gasteiger charge is 2.14. The topological polar surface area (TPSA) is 78.7 Å². The number of fused-ring (bicyclic) bond motifs is 2. The lowest BCUT2D eigenvalue weighted by Gasteiger charge is -2.07. The van der Waals surface area contributed by atoms with Crippen LogP contribution in [0.5, 0.6) is 0 Å². The smallest absolute Gasteiger partial charge is 0.264 e. The molecular formula is C21H17N5O2.